The van der Waals surface area contributed by atoms with Crippen molar-refractivity contribution in [3.05, 3.63) is 224 Å². The van der Waals surface area contributed by atoms with Gasteiger partial charge in [-0.1, -0.05) is 158 Å². The lowest BCUT2D eigenvalue weighted by Gasteiger charge is -2.15. The van der Waals surface area contributed by atoms with Gasteiger partial charge in [0, 0.05) is 49.6 Å². The first-order valence-electron chi connectivity index (χ1n) is 20.9. The van der Waals surface area contributed by atoms with Crippen LogP contribution in [0.2, 0.25) is 0 Å². The molecule has 3 heterocycles. The summed E-state index contributed by atoms with van der Waals surface area (Å²) in [6.45, 7) is 0. The quantitative estimate of drug-likeness (QED) is 0.162. The highest BCUT2D eigenvalue weighted by molar-refractivity contribution is 6.12. The fourth-order valence-electron chi connectivity index (χ4n) is 9.09. The molecule has 9 aromatic carbocycles. The van der Waals surface area contributed by atoms with Crippen LogP contribution < -0.4 is 0 Å². The summed E-state index contributed by atoms with van der Waals surface area (Å²) in [4.78, 5) is 15.2. The molecule has 0 bridgehead atoms. The van der Waals surface area contributed by atoms with Crippen LogP contribution in [0.4, 0.5) is 0 Å². The highest BCUT2D eigenvalue weighted by Gasteiger charge is 2.20. The third-order valence-corrected chi connectivity index (χ3v) is 12.0. The Morgan fingerprint density at radius 1 is 0.242 bits per heavy atom. The van der Waals surface area contributed by atoms with Gasteiger partial charge < -0.3 is 9.13 Å². The van der Waals surface area contributed by atoms with E-state index in [0.717, 1.165) is 50.2 Å². The smallest absolute Gasteiger partial charge is 0.164 e. The van der Waals surface area contributed by atoms with Crippen LogP contribution >= 0.6 is 0 Å². The summed E-state index contributed by atoms with van der Waals surface area (Å²) in [5.41, 5.74) is 14.2. The van der Waals surface area contributed by atoms with E-state index in [1.165, 1.54) is 43.7 Å². The van der Waals surface area contributed by atoms with Crippen LogP contribution in [0.3, 0.4) is 0 Å². The molecular weight excluding hydrogens is 755 g/mol. The predicted octanol–water partition coefficient (Wildman–Crippen LogP) is 14.4. The summed E-state index contributed by atoms with van der Waals surface area (Å²) >= 11 is 0. The van der Waals surface area contributed by atoms with E-state index in [0.29, 0.717) is 17.5 Å². The summed E-state index contributed by atoms with van der Waals surface area (Å²) in [6, 6.07) is 79.3. The number of hydrogen-bond acceptors (Lipinski definition) is 3. The number of benzene rings is 9. The number of fused-ring (bicyclic) bond motifs is 6. The Labute approximate surface area is 358 Å². The van der Waals surface area contributed by atoms with Crippen molar-refractivity contribution in [3.8, 4) is 67.8 Å². The second kappa shape index (κ2) is 14.7. The number of aromatic nitrogens is 5. The molecule has 0 aliphatic heterocycles. The molecule has 0 N–H and O–H groups in total. The molecule has 0 aliphatic rings. The molecule has 5 heteroatoms. The van der Waals surface area contributed by atoms with Crippen molar-refractivity contribution >= 4 is 43.6 Å². The maximum Gasteiger partial charge on any atom is 0.164 e. The molecule has 12 aromatic rings. The zero-order chi connectivity index (χ0) is 41.0. The maximum absolute atomic E-state index is 5.14. The van der Waals surface area contributed by atoms with E-state index in [4.69, 9.17) is 15.0 Å². The Kier molecular flexibility index (Phi) is 8.42. The molecule has 0 unspecified atom stereocenters. The van der Waals surface area contributed by atoms with E-state index >= 15 is 0 Å². The Hall–Kier alpha value is -8.41. The van der Waals surface area contributed by atoms with E-state index in [2.05, 4.69) is 173 Å². The predicted molar refractivity (Wildman–Crippen MR) is 256 cm³/mol. The van der Waals surface area contributed by atoms with E-state index in [-0.39, 0.29) is 0 Å². The van der Waals surface area contributed by atoms with Crippen molar-refractivity contribution in [2.24, 2.45) is 0 Å². The van der Waals surface area contributed by atoms with Crippen LogP contribution in [0, 0.1) is 0 Å². The van der Waals surface area contributed by atoms with Gasteiger partial charge in [-0.25, -0.2) is 15.0 Å². The first-order valence-corrected chi connectivity index (χ1v) is 20.9. The van der Waals surface area contributed by atoms with Crippen molar-refractivity contribution in [2.75, 3.05) is 0 Å². The summed E-state index contributed by atoms with van der Waals surface area (Å²) in [7, 11) is 0. The Bertz CT molecular complexity index is 3550. The van der Waals surface area contributed by atoms with Crippen LogP contribution in [-0.4, -0.2) is 24.1 Å². The average molecular weight is 792 g/mol. The molecule has 12 rings (SSSR count). The van der Waals surface area contributed by atoms with E-state index in [9.17, 15) is 0 Å². The van der Waals surface area contributed by atoms with Gasteiger partial charge in [-0.3, -0.25) is 0 Å². The highest BCUT2D eigenvalue weighted by Crippen LogP contribution is 2.40. The van der Waals surface area contributed by atoms with Crippen LogP contribution in [-0.2, 0) is 0 Å². The van der Waals surface area contributed by atoms with Gasteiger partial charge in [-0.2, -0.15) is 0 Å². The molecule has 0 radical (unpaired) electrons. The maximum atomic E-state index is 5.14. The summed E-state index contributed by atoms with van der Waals surface area (Å²) in [5.74, 6) is 1.90. The fourth-order valence-corrected chi connectivity index (χ4v) is 9.09. The minimum absolute atomic E-state index is 0.624. The number of nitrogens with zero attached hydrogens (tertiary/aromatic N) is 5. The molecule has 62 heavy (non-hydrogen) atoms. The number of para-hydroxylation sites is 3. The normalized spacial score (nSPS) is 11.5. The zero-order valence-corrected chi connectivity index (χ0v) is 33.6. The molecule has 5 nitrogen and oxygen atoms in total. The molecule has 0 saturated carbocycles. The van der Waals surface area contributed by atoms with E-state index in [1.54, 1.807) is 0 Å². The largest absolute Gasteiger partial charge is 0.309 e. The monoisotopic (exact) mass is 791 g/mol. The number of rotatable bonds is 7. The molecule has 0 aliphatic carbocycles. The van der Waals surface area contributed by atoms with Crippen molar-refractivity contribution in [3.63, 3.8) is 0 Å². The summed E-state index contributed by atoms with van der Waals surface area (Å²) < 4.78 is 4.75. The van der Waals surface area contributed by atoms with Gasteiger partial charge in [0.1, 0.15) is 0 Å². The molecule has 0 fully saturated rings. The van der Waals surface area contributed by atoms with Gasteiger partial charge in [0.05, 0.1) is 22.1 Å². The van der Waals surface area contributed by atoms with E-state index < -0.39 is 0 Å². The molecule has 0 spiro atoms. The van der Waals surface area contributed by atoms with E-state index in [1.807, 2.05) is 60.7 Å². The number of hydrogen-bond donors (Lipinski definition) is 0. The van der Waals surface area contributed by atoms with Crippen LogP contribution in [0.5, 0.6) is 0 Å². The minimum Gasteiger partial charge on any atom is -0.309 e. The first kappa shape index (κ1) is 35.5. The lowest BCUT2D eigenvalue weighted by molar-refractivity contribution is 1.07. The van der Waals surface area contributed by atoms with Crippen molar-refractivity contribution in [1.29, 1.82) is 0 Å². The average Bonchev–Trinajstić information content (AvgIpc) is 3.87. The second-order valence-corrected chi connectivity index (χ2v) is 15.6. The van der Waals surface area contributed by atoms with Gasteiger partial charge >= 0.3 is 0 Å². The van der Waals surface area contributed by atoms with Gasteiger partial charge in [0.15, 0.2) is 17.5 Å². The van der Waals surface area contributed by atoms with Gasteiger partial charge in [0.2, 0.25) is 0 Å². The molecule has 0 amide bonds. The summed E-state index contributed by atoms with van der Waals surface area (Å²) in [5, 5.41) is 4.89. The zero-order valence-electron chi connectivity index (χ0n) is 33.6. The molecule has 0 atom stereocenters. The van der Waals surface area contributed by atoms with Crippen molar-refractivity contribution in [1.82, 2.24) is 24.1 Å². The standard InChI is InChI=1S/C57H37N5/c1-5-17-38(18-6-1)48-37-44(31-32-47(48)57-59-55(39-19-7-2-8-20-39)58-56(60-57)40-21-9-3-10-22-40)62-52-28-16-14-26-46(52)50-36-42(30-34-54(50)62)41-29-33-53-49(35-41)45-25-13-15-27-51(45)61(53)43-23-11-4-12-24-43/h1-37H. The second-order valence-electron chi connectivity index (χ2n) is 15.6. The first-order chi connectivity index (χ1) is 30.7. The molecule has 3 aromatic heterocycles. The fraction of sp³-hybridized carbons (Fsp3) is 0. The topological polar surface area (TPSA) is 48.5 Å². The van der Waals surface area contributed by atoms with Crippen LogP contribution in [0.25, 0.3) is 111 Å². The molecule has 0 saturated heterocycles. The Morgan fingerprint density at radius 2 is 0.661 bits per heavy atom. The van der Waals surface area contributed by atoms with Gasteiger partial charge in [-0.15, -0.1) is 0 Å². The molecule has 290 valence electrons. The van der Waals surface area contributed by atoms with Crippen LogP contribution in [0.1, 0.15) is 0 Å². The van der Waals surface area contributed by atoms with Crippen molar-refractivity contribution in [2.45, 2.75) is 0 Å². The third-order valence-electron chi connectivity index (χ3n) is 12.0. The van der Waals surface area contributed by atoms with Gasteiger partial charge in [-0.05, 0) is 89.0 Å². The minimum atomic E-state index is 0.624. The van der Waals surface area contributed by atoms with Crippen LogP contribution in [0.15, 0.2) is 224 Å². The SMILES string of the molecule is c1ccc(-c2nc(-c3ccccc3)nc(-c3ccc(-n4c5ccccc5c5cc(-c6ccc7c(c6)c6ccccc6n7-c6ccccc6)ccc54)cc3-c3ccccc3)n2)cc1. The molecular formula is C57H37N5. The van der Waals surface area contributed by atoms with Crippen molar-refractivity contribution < 1.29 is 0 Å². The highest BCUT2D eigenvalue weighted by atomic mass is 15.0. The summed E-state index contributed by atoms with van der Waals surface area (Å²) in [6.07, 6.45) is 0. The Morgan fingerprint density at radius 3 is 1.19 bits per heavy atom. The lowest BCUT2D eigenvalue weighted by atomic mass is 9.98. The lowest BCUT2D eigenvalue weighted by Crippen LogP contribution is -2.02. The Balaban J connectivity index is 1.02. The van der Waals surface area contributed by atoms with Gasteiger partial charge in [0.25, 0.3) is 0 Å². The third kappa shape index (κ3) is 5.98.